The van der Waals surface area contributed by atoms with Gasteiger partial charge in [-0.2, -0.15) is 11.8 Å². The van der Waals surface area contributed by atoms with E-state index in [4.69, 9.17) is 4.74 Å². The highest BCUT2D eigenvalue weighted by molar-refractivity contribution is 7.99. The zero-order valence-electron chi connectivity index (χ0n) is 9.87. The molecule has 3 atom stereocenters. The molecule has 0 bridgehead atoms. The molecule has 88 valence electrons. The molecule has 2 nitrogen and oxygen atoms in total. The Kier molecular flexibility index (Phi) is 4.35. The summed E-state index contributed by atoms with van der Waals surface area (Å²) in [5, 5.41) is 3.73. The Morgan fingerprint density at radius 2 is 2.00 bits per heavy atom. The van der Waals surface area contributed by atoms with Crippen LogP contribution in [0.5, 0.6) is 0 Å². The van der Waals surface area contributed by atoms with Gasteiger partial charge in [0.05, 0.1) is 12.2 Å². The highest BCUT2D eigenvalue weighted by Gasteiger charge is 2.25. The molecule has 2 aliphatic heterocycles. The molecule has 0 aliphatic carbocycles. The first-order chi connectivity index (χ1) is 7.24. The Morgan fingerprint density at radius 1 is 1.27 bits per heavy atom. The van der Waals surface area contributed by atoms with E-state index in [2.05, 4.69) is 30.9 Å². The lowest BCUT2D eigenvalue weighted by Gasteiger charge is -2.33. The number of nitrogens with one attached hydrogen (secondary N) is 1. The van der Waals surface area contributed by atoms with Crippen molar-refractivity contribution < 1.29 is 4.74 Å². The average Bonchev–Trinajstić information content (AvgIpc) is 2.65. The van der Waals surface area contributed by atoms with E-state index in [1.807, 2.05) is 0 Å². The lowest BCUT2D eigenvalue weighted by Crippen LogP contribution is -2.43. The van der Waals surface area contributed by atoms with Crippen molar-refractivity contribution in [1.82, 2.24) is 5.32 Å². The van der Waals surface area contributed by atoms with Crippen molar-refractivity contribution >= 4 is 11.8 Å². The first kappa shape index (κ1) is 11.7. The normalized spacial score (nSPS) is 42.0. The van der Waals surface area contributed by atoms with Crippen molar-refractivity contribution in [2.75, 3.05) is 18.1 Å². The predicted molar refractivity (Wildman–Crippen MR) is 66.5 cm³/mol. The molecule has 0 saturated carbocycles. The molecule has 2 fully saturated rings. The first-order valence-corrected chi connectivity index (χ1v) is 7.36. The molecule has 3 heteroatoms. The second-order valence-electron chi connectivity index (χ2n) is 5.06. The van der Waals surface area contributed by atoms with Gasteiger partial charge in [0.15, 0.2) is 0 Å². The largest absolute Gasteiger partial charge is 0.375 e. The van der Waals surface area contributed by atoms with Crippen molar-refractivity contribution in [2.45, 2.75) is 51.4 Å². The van der Waals surface area contributed by atoms with Gasteiger partial charge in [-0.15, -0.1) is 0 Å². The van der Waals surface area contributed by atoms with Crippen LogP contribution in [-0.4, -0.2) is 36.3 Å². The standard InChI is InChI=1S/C12H23NOS/c1-9-5-12(6-10(2)14-9)13-7-11-3-4-15-8-11/h9-13H,3-8H2,1-2H3. The van der Waals surface area contributed by atoms with E-state index in [1.54, 1.807) is 0 Å². The van der Waals surface area contributed by atoms with Crippen LogP contribution in [0.1, 0.15) is 33.1 Å². The molecule has 2 rings (SSSR count). The third-order valence-electron chi connectivity index (χ3n) is 3.42. The maximum Gasteiger partial charge on any atom is 0.0565 e. The maximum atomic E-state index is 5.74. The molecule has 3 unspecified atom stereocenters. The predicted octanol–water partition coefficient (Wildman–Crippen LogP) is 2.29. The Balaban J connectivity index is 1.69. The summed E-state index contributed by atoms with van der Waals surface area (Å²) in [7, 11) is 0. The number of ether oxygens (including phenoxy) is 1. The summed E-state index contributed by atoms with van der Waals surface area (Å²) in [6.07, 6.45) is 4.65. The van der Waals surface area contributed by atoms with Crippen molar-refractivity contribution in [3.05, 3.63) is 0 Å². The molecule has 0 spiro atoms. The van der Waals surface area contributed by atoms with Crippen LogP contribution < -0.4 is 5.32 Å². The lowest BCUT2D eigenvalue weighted by molar-refractivity contribution is -0.0423. The Labute approximate surface area is 97.5 Å². The van der Waals surface area contributed by atoms with Crippen LogP contribution >= 0.6 is 11.8 Å². The lowest BCUT2D eigenvalue weighted by atomic mass is 9.99. The van der Waals surface area contributed by atoms with Crippen molar-refractivity contribution in [2.24, 2.45) is 5.92 Å². The topological polar surface area (TPSA) is 21.3 Å². The Hall–Kier alpha value is 0.270. The zero-order valence-corrected chi connectivity index (χ0v) is 10.7. The van der Waals surface area contributed by atoms with E-state index in [0.29, 0.717) is 18.2 Å². The summed E-state index contributed by atoms with van der Waals surface area (Å²) in [5.74, 6) is 3.65. The van der Waals surface area contributed by atoms with Gasteiger partial charge in [-0.05, 0) is 57.1 Å². The quantitative estimate of drug-likeness (QED) is 0.802. The number of rotatable bonds is 3. The molecule has 0 aromatic heterocycles. The minimum absolute atomic E-state index is 0.434. The van der Waals surface area contributed by atoms with Gasteiger partial charge in [0.2, 0.25) is 0 Å². The average molecular weight is 229 g/mol. The van der Waals surface area contributed by atoms with Crippen LogP contribution in [-0.2, 0) is 4.74 Å². The second kappa shape index (κ2) is 5.55. The third-order valence-corrected chi connectivity index (χ3v) is 4.65. The SMILES string of the molecule is CC1CC(NCC2CCSC2)CC(C)O1. The minimum atomic E-state index is 0.434. The molecule has 0 amide bonds. The smallest absolute Gasteiger partial charge is 0.0565 e. The Bertz CT molecular complexity index is 184. The van der Waals surface area contributed by atoms with Gasteiger partial charge in [0.1, 0.15) is 0 Å². The monoisotopic (exact) mass is 229 g/mol. The van der Waals surface area contributed by atoms with Gasteiger partial charge in [-0.3, -0.25) is 0 Å². The van der Waals surface area contributed by atoms with Crippen LogP contribution in [0, 0.1) is 5.92 Å². The van der Waals surface area contributed by atoms with E-state index < -0.39 is 0 Å². The summed E-state index contributed by atoms with van der Waals surface area (Å²) in [4.78, 5) is 0. The molecule has 15 heavy (non-hydrogen) atoms. The van der Waals surface area contributed by atoms with E-state index >= 15 is 0 Å². The summed E-state index contributed by atoms with van der Waals surface area (Å²) in [5.41, 5.74) is 0. The van der Waals surface area contributed by atoms with Crippen molar-refractivity contribution in [3.63, 3.8) is 0 Å². The molecule has 0 aromatic rings. The summed E-state index contributed by atoms with van der Waals surface area (Å²) >= 11 is 2.11. The fourth-order valence-corrected chi connectivity index (χ4v) is 3.93. The van der Waals surface area contributed by atoms with E-state index in [0.717, 1.165) is 5.92 Å². The second-order valence-corrected chi connectivity index (χ2v) is 6.21. The van der Waals surface area contributed by atoms with Gasteiger partial charge in [0, 0.05) is 6.04 Å². The van der Waals surface area contributed by atoms with Crippen LogP contribution in [0.4, 0.5) is 0 Å². The zero-order chi connectivity index (χ0) is 10.7. The molecule has 2 saturated heterocycles. The summed E-state index contributed by atoms with van der Waals surface area (Å²) in [6, 6.07) is 0.689. The summed E-state index contributed by atoms with van der Waals surface area (Å²) < 4.78 is 5.74. The molecule has 2 aliphatic rings. The van der Waals surface area contributed by atoms with E-state index in [9.17, 15) is 0 Å². The molecule has 0 radical (unpaired) electrons. The van der Waals surface area contributed by atoms with Gasteiger partial charge >= 0.3 is 0 Å². The minimum Gasteiger partial charge on any atom is -0.375 e. The first-order valence-electron chi connectivity index (χ1n) is 6.20. The molecular formula is C12H23NOS. The molecular weight excluding hydrogens is 206 g/mol. The number of hydrogen-bond acceptors (Lipinski definition) is 3. The van der Waals surface area contributed by atoms with Crippen molar-refractivity contribution in [1.29, 1.82) is 0 Å². The van der Waals surface area contributed by atoms with Gasteiger partial charge in [-0.25, -0.2) is 0 Å². The molecule has 0 aromatic carbocycles. The number of thioether (sulfide) groups is 1. The third kappa shape index (κ3) is 3.65. The maximum absolute atomic E-state index is 5.74. The molecule has 2 heterocycles. The highest BCUT2D eigenvalue weighted by atomic mass is 32.2. The Morgan fingerprint density at radius 3 is 2.60 bits per heavy atom. The van der Waals surface area contributed by atoms with Crippen LogP contribution in [0.15, 0.2) is 0 Å². The fourth-order valence-electron chi connectivity index (χ4n) is 2.65. The van der Waals surface area contributed by atoms with E-state index in [1.165, 1.54) is 37.3 Å². The highest BCUT2D eigenvalue weighted by Crippen LogP contribution is 2.24. The van der Waals surface area contributed by atoms with Crippen LogP contribution in [0.25, 0.3) is 0 Å². The fraction of sp³-hybridized carbons (Fsp3) is 1.00. The van der Waals surface area contributed by atoms with Gasteiger partial charge in [-0.1, -0.05) is 0 Å². The van der Waals surface area contributed by atoms with Crippen LogP contribution in [0.2, 0.25) is 0 Å². The van der Waals surface area contributed by atoms with Crippen molar-refractivity contribution in [3.8, 4) is 0 Å². The summed E-state index contributed by atoms with van der Waals surface area (Å²) in [6.45, 7) is 5.60. The number of hydrogen-bond donors (Lipinski definition) is 1. The van der Waals surface area contributed by atoms with Gasteiger partial charge in [0.25, 0.3) is 0 Å². The van der Waals surface area contributed by atoms with Crippen LogP contribution in [0.3, 0.4) is 0 Å². The molecule has 1 N–H and O–H groups in total. The van der Waals surface area contributed by atoms with Gasteiger partial charge < -0.3 is 10.1 Å². The van der Waals surface area contributed by atoms with E-state index in [-0.39, 0.29) is 0 Å².